The molecule has 6 atom stereocenters. The predicted molar refractivity (Wildman–Crippen MR) is 214 cm³/mol. The van der Waals surface area contributed by atoms with Gasteiger partial charge in [0.05, 0.1) is 70.4 Å². The summed E-state index contributed by atoms with van der Waals surface area (Å²) in [5.74, 6) is -6.53. The molecule has 60 heavy (non-hydrogen) atoms. The zero-order valence-corrected chi connectivity index (χ0v) is 34.2. The molecule has 0 fully saturated rings. The van der Waals surface area contributed by atoms with Gasteiger partial charge in [0.1, 0.15) is 18.1 Å². The van der Waals surface area contributed by atoms with E-state index in [9.17, 15) is 49.8 Å². The Hall–Kier alpha value is -5.94. The highest BCUT2D eigenvalue weighted by molar-refractivity contribution is 6.01. The lowest BCUT2D eigenvalue weighted by molar-refractivity contribution is -0.318. The Balaban J connectivity index is 1.92. The third-order valence-corrected chi connectivity index (χ3v) is 12.9. The molecule has 5 unspecified atom stereocenters. The number of esters is 2. The third-order valence-electron chi connectivity index (χ3n) is 12.9. The summed E-state index contributed by atoms with van der Waals surface area (Å²) in [6.45, 7) is 9.95. The average molecular weight is 825 g/mol. The number of aryl methyl sites for hydroxylation is 1. The maximum Gasteiger partial charge on any atom is 0.334 e. The van der Waals surface area contributed by atoms with Gasteiger partial charge in [-0.2, -0.15) is 0 Å². The normalized spacial score (nSPS) is 23.7. The molecule has 5 heterocycles. The smallest absolute Gasteiger partial charge is 0.334 e. The molecule has 8 bridgehead atoms. The van der Waals surface area contributed by atoms with Gasteiger partial charge in [0.2, 0.25) is 0 Å². The summed E-state index contributed by atoms with van der Waals surface area (Å²) in [5.41, 5.74) is -1.08. The average Bonchev–Trinajstić information content (AvgIpc) is 3.86. The zero-order valence-electron chi connectivity index (χ0n) is 34.2. The first kappa shape index (κ1) is 43.6. The van der Waals surface area contributed by atoms with Gasteiger partial charge in [-0.1, -0.05) is 24.8 Å². The first-order valence-electron chi connectivity index (χ1n) is 19.4. The lowest BCUT2D eigenvalue weighted by Crippen LogP contribution is -2.51. The highest BCUT2D eigenvalue weighted by Gasteiger charge is 2.54. The van der Waals surface area contributed by atoms with Crippen LogP contribution in [-0.2, 0) is 44.9 Å². The number of ether oxygens (including phenoxy) is 2. The molecular weight excluding hydrogens is 777 g/mol. The van der Waals surface area contributed by atoms with Crippen LogP contribution in [0.2, 0.25) is 0 Å². The van der Waals surface area contributed by atoms with Crippen molar-refractivity contribution in [2.75, 3.05) is 27.4 Å². The summed E-state index contributed by atoms with van der Waals surface area (Å²) in [7, 11) is 2.37. The van der Waals surface area contributed by atoms with Crippen LogP contribution in [0.1, 0.15) is 80.4 Å². The van der Waals surface area contributed by atoms with Crippen molar-refractivity contribution >= 4 is 57.7 Å². The van der Waals surface area contributed by atoms with Crippen molar-refractivity contribution in [1.82, 2.24) is 19.9 Å². The number of carbonyl (C=O) groups is 4. The fourth-order valence-electron chi connectivity index (χ4n) is 9.51. The van der Waals surface area contributed by atoms with Crippen LogP contribution in [0.3, 0.4) is 0 Å². The van der Waals surface area contributed by atoms with E-state index in [1.165, 1.54) is 26.4 Å². The van der Waals surface area contributed by atoms with Crippen LogP contribution in [0.25, 0.3) is 33.8 Å². The summed E-state index contributed by atoms with van der Waals surface area (Å²) in [6, 6.07) is 6.36. The molecule has 0 aromatic carbocycles. The molecular formula is C44H48N4O12-2. The number of methoxy groups -OCH3 is 2. The van der Waals surface area contributed by atoms with E-state index in [4.69, 9.17) is 19.4 Å². The van der Waals surface area contributed by atoms with Crippen molar-refractivity contribution in [2.24, 2.45) is 5.92 Å². The SMILES string of the molecule is C=Cc1c(C)c2cc3nc(cc4[nH]c(cc5nc(cc1[nH]2)=C(C)C5(CCCO)C(O)C(=O)[O-])C(CCCO)(C(O)C(=O)[O-])C=4C)C1(C)C3=CC=C(C(=O)OC)[C@H]1C(=O)OC. The number of carbonyl (C=O) groups excluding carboxylic acids is 4. The van der Waals surface area contributed by atoms with Gasteiger partial charge in [0.25, 0.3) is 0 Å². The number of H-pyrrole nitrogens is 2. The Morgan fingerprint density at radius 3 is 2.07 bits per heavy atom. The quantitative estimate of drug-likeness (QED) is 0.135. The number of aliphatic carboxylic acids is 2. The summed E-state index contributed by atoms with van der Waals surface area (Å²) in [4.78, 5) is 69.1. The molecule has 0 radical (unpaired) electrons. The predicted octanol–water partition coefficient (Wildman–Crippen LogP) is -0.784. The molecule has 4 aliphatic rings. The van der Waals surface area contributed by atoms with E-state index >= 15 is 0 Å². The van der Waals surface area contributed by atoms with E-state index in [1.807, 2.05) is 6.92 Å². The number of hydrogen-bond acceptors (Lipinski definition) is 14. The van der Waals surface area contributed by atoms with Crippen molar-refractivity contribution in [2.45, 2.75) is 81.8 Å². The summed E-state index contributed by atoms with van der Waals surface area (Å²) < 4.78 is 10.4. The van der Waals surface area contributed by atoms with Gasteiger partial charge >= 0.3 is 11.9 Å². The van der Waals surface area contributed by atoms with Gasteiger partial charge in [0.15, 0.2) is 0 Å². The lowest BCUT2D eigenvalue weighted by Gasteiger charge is -2.39. The number of hydrogen-bond donors (Lipinski definition) is 6. The molecule has 16 nitrogen and oxygen atoms in total. The Labute approximate surface area is 344 Å². The van der Waals surface area contributed by atoms with E-state index < -0.39 is 64.9 Å². The molecule has 0 spiro atoms. The van der Waals surface area contributed by atoms with Crippen molar-refractivity contribution in [3.8, 4) is 0 Å². The largest absolute Gasteiger partial charge is 0.547 e. The molecule has 2 aromatic heterocycles. The monoisotopic (exact) mass is 824 g/mol. The first-order chi connectivity index (χ1) is 28.4. The fraction of sp³-hybridized carbons (Fsp3) is 0.409. The van der Waals surface area contributed by atoms with E-state index in [0.29, 0.717) is 33.4 Å². The van der Waals surface area contributed by atoms with Gasteiger partial charge < -0.3 is 59.7 Å². The minimum Gasteiger partial charge on any atom is -0.547 e. The van der Waals surface area contributed by atoms with E-state index in [2.05, 4.69) is 16.5 Å². The molecule has 0 amide bonds. The Bertz CT molecular complexity index is 2580. The zero-order chi connectivity index (χ0) is 44.1. The second-order valence-corrected chi connectivity index (χ2v) is 15.6. The number of aliphatic hydroxyl groups excluding tert-OH is 4. The number of aromatic nitrogens is 4. The standard InChI is InChI=1S/C44H50N4O12/c1-8-24-21(2)27-17-31-26-12-11-25(40(57)59-6)35(41(58)60-7)42(26,5)32(48-31)19-29-23(4)44(14-10-16-50,37(52)39(55)56)34(47-29)20-33-43(13-9-15-49,36(51)38(53)54)22(3)28(46-33)18-30(24)45-27/h8,11-12,17-20,35-37,45,47,49-52H,1,9-10,13-16H2,2-7H3,(H,53,54)(H,55,56)/p-2/t35-,36?,37?,42?,43?,44?/m0/s1. The van der Waals surface area contributed by atoms with Crippen LogP contribution >= 0.6 is 0 Å². The van der Waals surface area contributed by atoms with E-state index in [1.54, 1.807) is 51.1 Å². The first-order valence-corrected chi connectivity index (χ1v) is 19.4. The molecule has 0 saturated heterocycles. The highest BCUT2D eigenvalue weighted by Crippen LogP contribution is 2.52. The topological polar surface area (TPSA) is 271 Å². The van der Waals surface area contributed by atoms with Crippen LogP contribution in [-0.4, -0.2) is 104 Å². The van der Waals surface area contributed by atoms with E-state index in [0.717, 1.165) is 5.56 Å². The van der Waals surface area contributed by atoms with Gasteiger partial charge in [-0.3, -0.25) is 14.8 Å². The fourth-order valence-corrected chi connectivity index (χ4v) is 9.51. The van der Waals surface area contributed by atoms with Gasteiger partial charge in [-0.25, -0.2) is 4.79 Å². The number of aliphatic hydroxyl groups is 4. The maximum absolute atomic E-state index is 13.8. The number of carboxylic acid groups (broad SMARTS) is 2. The molecule has 16 heteroatoms. The van der Waals surface area contributed by atoms with E-state index in [-0.39, 0.29) is 71.2 Å². The van der Waals surface area contributed by atoms with Crippen LogP contribution in [0, 0.1) is 12.8 Å². The van der Waals surface area contributed by atoms with Crippen molar-refractivity contribution in [3.05, 3.63) is 93.2 Å². The van der Waals surface area contributed by atoms with Gasteiger partial charge in [-0.15, -0.1) is 0 Å². The lowest BCUT2D eigenvalue weighted by atomic mass is 9.64. The number of rotatable bonds is 13. The van der Waals surface area contributed by atoms with Gasteiger partial charge in [0, 0.05) is 40.9 Å². The minimum atomic E-state index is -2.26. The molecule has 0 saturated carbocycles. The van der Waals surface area contributed by atoms with Crippen LogP contribution < -0.4 is 20.9 Å². The van der Waals surface area contributed by atoms with Crippen LogP contribution in [0.4, 0.5) is 0 Å². The van der Waals surface area contributed by atoms with Crippen LogP contribution in [0.15, 0.2) is 48.6 Å². The second-order valence-electron chi connectivity index (χ2n) is 15.6. The van der Waals surface area contributed by atoms with Crippen molar-refractivity contribution in [3.63, 3.8) is 0 Å². The Kier molecular flexibility index (Phi) is 11.8. The Morgan fingerprint density at radius 1 is 0.850 bits per heavy atom. The third kappa shape index (κ3) is 6.45. The number of carboxylic acids is 2. The molecule has 3 aliphatic heterocycles. The summed E-state index contributed by atoms with van der Waals surface area (Å²) >= 11 is 0. The Morgan fingerprint density at radius 2 is 1.48 bits per heavy atom. The van der Waals surface area contributed by atoms with Crippen molar-refractivity contribution < 1.29 is 59.3 Å². The number of nitrogens with one attached hydrogen (secondary N) is 2. The second kappa shape index (κ2) is 16.3. The minimum absolute atomic E-state index is 0.00131. The molecule has 6 rings (SSSR count). The molecule has 318 valence electrons. The number of aromatic amines is 2. The summed E-state index contributed by atoms with van der Waals surface area (Å²) in [6.07, 6.45) is -0.0430. The van der Waals surface area contributed by atoms with Crippen molar-refractivity contribution in [1.29, 1.82) is 0 Å². The molecule has 2 aromatic rings. The van der Waals surface area contributed by atoms with Gasteiger partial charge in [-0.05, 0) is 99.9 Å². The molecule has 6 N–H and O–H groups in total. The van der Waals surface area contributed by atoms with Crippen LogP contribution in [0.5, 0.6) is 0 Å². The highest BCUT2D eigenvalue weighted by atomic mass is 16.5. The summed E-state index contributed by atoms with van der Waals surface area (Å²) in [5, 5.41) is 69.2. The number of fused-ring (bicyclic) bond motifs is 11. The number of allylic oxidation sites excluding steroid dienone is 3. The number of nitrogens with zero attached hydrogens (tertiary/aromatic N) is 2. The molecule has 1 aliphatic carbocycles. The maximum atomic E-state index is 13.8.